The van der Waals surface area contributed by atoms with Crippen LogP contribution in [0.5, 0.6) is 0 Å². The summed E-state index contributed by atoms with van der Waals surface area (Å²) in [6.45, 7) is -0.662. The molecule has 0 bridgehead atoms. The molecule has 1 heterocycles. The van der Waals surface area contributed by atoms with Gasteiger partial charge in [-0.25, -0.2) is 8.78 Å². The number of hydrogen-bond donors (Lipinski definition) is 2. The summed E-state index contributed by atoms with van der Waals surface area (Å²) in [5.41, 5.74) is 0. The van der Waals surface area contributed by atoms with Crippen molar-refractivity contribution in [2.45, 2.75) is 24.1 Å². The molecule has 1 unspecified atom stereocenters. The average molecular weight is 164 g/mol. The molecule has 0 saturated carbocycles. The Kier molecular flexibility index (Phi) is 2.18. The Labute approximate surface area is 63.4 Å². The molecular formula is C5H7BF2O3. The van der Waals surface area contributed by atoms with Crippen molar-refractivity contribution in [1.82, 2.24) is 0 Å². The van der Waals surface area contributed by atoms with E-state index < -0.39 is 30.7 Å². The lowest BCUT2D eigenvalue weighted by Crippen LogP contribution is -2.40. The maximum absolute atomic E-state index is 12.6. The normalized spacial score (nSPS) is 42.7. The molecule has 2 N–H and O–H groups in total. The standard InChI is InChI=1S/C5H7BF2O3/c6-4-5(7,8)3(10)2(1-9)11-4/h2-4,9-10H,1H2/t2-,3?,4-/m1/s1. The Hall–Kier alpha value is -0.195. The fourth-order valence-corrected chi connectivity index (χ4v) is 0.912. The van der Waals surface area contributed by atoms with E-state index in [1.54, 1.807) is 0 Å². The minimum Gasteiger partial charge on any atom is -0.394 e. The SMILES string of the molecule is [B][C@@H]1O[C@H](CO)C(O)C1(F)F. The summed E-state index contributed by atoms with van der Waals surface area (Å²) in [6, 6.07) is -1.82. The number of halogens is 2. The highest BCUT2D eigenvalue weighted by Crippen LogP contribution is 2.34. The highest BCUT2D eigenvalue weighted by Gasteiger charge is 2.55. The van der Waals surface area contributed by atoms with Crippen molar-refractivity contribution in [1.29, 1.82) is 0 Å². The van der Waals surface area contributed by atoms with Gasteiger partial charge in [0.25, 0.3) is 5.92 Å². The maximum atomic E-state index is 12.6. The first-order valence-corrected chi connectivity index (χ1v) is 3.08. The third-order valence-corrected chi connectivity index (χ3v) is 1.63. The molecule has 0 aromatic heterocycles. The summed E-state index contributed by atoms with van der Waals surface area (Å²) < 4.78 is 29.5. The van der Waals surface area contributed by atoms with E-state index in [1.165, 1.54) is 0 Å². The van der Waals surface area contributed by atoms with Crippen molar-refractivity contribution in [2.75, 3.05) is 6.61 Å². The van der Waals surface area contributed by atoms with E-state index in [4.69, 9.17) is 18.1 Å². The predicted octanol–water partition coefficient (Wildman–Crippen LogP) is -1.13. The fraction of sp³-hybridized carbons (Fsp3) is 1.00. The largest absolute Gasteiger partial charge is 0.394 e. The van der Waals surface area contributed by atoms with Gasteiger partial charge in [-0.05, 0) is 0 Å². The molecule has 0 aliphatic carbocycles. The Balaban J connectivity index is 2.71. The summed E-state index contributed by atoms with van der Waals surface area (Å²) in [6.07, 6.45) is -3.29. The smallest absolute Gasteiger partial charge is 0.293 e. The third kappa shape index (κ3) is 1.26. The van der Waals surface area contributed by atoms with E-state index in [1.807, 2.05) is 0 Å². The van der Waals surface area contributed by atoms with Gasteiger partial charge in [0.15, 0.2) is 0 Å². The second kappa shape index (κ2) is 2.69. The van der Waals surface area contributed by atoms with Gasteiger partial charge in [0.1, 0.15) is 20.1 Å². The predicted molar refractivity (Wildman–Crippen MR) is 32.5 cm³/mol. The van der Waals surface area contributed by atoms with E-state index in [9.17, 15) is 8.78 Å². The van der Waals surface area contributed by atoms with Crippen LogP contribution in [0.15, 0.2) is 0 Å². The van der Waals surface area contributed by atoms with Gasteiger partial charge in [0, 0.05) is 0 Å². The van der Waals surface area contributed by atoms with Gasteiger partial charge < -0.3 is 14.9 Å². The first kappa shape index (κ1) is 8.90. The zero-order chi connectivity index (χ0) is 8.65. The van der Waals surface area contributed by atoms with Crippen molar-refractivity contribution in [3.8, 4) is 0 Å². The maximum Gasteiger partial charge on any atom is 0.293 e. The van der Waals surface area contributed by atoms with Crippen LogP contribution in [0.3, 0.4) is 0 Å². The Morgan fingerprint density at radius 3 is 2.27 bits per heavy atom. The molecule has 11 heavy (non-hydrogen) atoms. The minimum atomic E-state index is -3.46. The quantitative estimate of drug-likeness (QED) is 0.482. The molecule has 1 aliphatic heterocycles. The summed E-state index contributed by atoms with van der Waals surface area (Å²) in [5, 5.41) is 17.2. The molecule has 2 radical (unpaired) electrons. The van der Waals surface area contributed by atoms with Crippen LogP contribution in [0.1, 0.15) is 0 Å². The minimum absolute atomic E-state index is 0.662. The number of ether oxygens (including phenoxy) is 1. The molecule has 0 aromatic rings. The molecule has 1 saturated heterocycles. The van der Waals surface area contributed by atoms with E-state index in [0.29, 0.717) is 0 Å². The zero-order valence-electron chi connectivity index (χ0n) is 5.58. The molecule has 1 rings (SSSR count). The molecule has 0 aromatic carbocycles. The monoisotopic (exact) mass is 164 g/mol. The number of aliphatic hydroxyl groups excluding tert-OH is 2. The van der Waals surface area contributed by atoms with Crippen LogP contribution in [0.4, 0.5) is 8.78 Å². The van der Waals surface area contributed by atoms with Gasteiger partial charge in [-0.1, -0.05) is 0 Å². The molecule has 62 valence electrons. The van der Waals surface area contributed by atoms with E-state index >= 15 is 0 Å². The van der Waals surface area contributed by atoms with Crippen molar-refractivity contribution in [2.24, 2.45) is 0 Å². The van der Waals surface area contributed by atoms with Crippen LogP contribution in [-0.2, 0) is 4.74 Å². The fourth-order valence-electron chi connectivity index (χ4n) is 0.912. The van der Waals surface area contributed by atoms with Crippen molar-refractivity contribution < 1.29 is 23.7 Å². The van der Waals surface area contributed by atoms with E-state index in [-0.39, 0.29) is 0 Å². The van der Waals surface area contributed by atoms with Crippen LogP contribution < -0.4 is 0 Å². The van der Waals surface area contributed by atoms with Gasteiger partial charge in [-0.15, -0.1) is 0 Å². The summed E-state index contributed by atoms with van der Waals surface area (Å²) in [5.74, 6) is -3.46. The summed E-state index contributed by atoms with van der Waals surface area (Å²) >= 11 is 0. The van der Waals surface area contributed by atoms with Gasteiger partial charge in [-0.3, -0.25) is 0 Å². The Bertz CT molecular complexity index is 155. The van der Waals surface area contributed by atoms with Crippen LogP contribution in [-0.4, -0.2) is 48.8 Å². The van der Waals surface area contributed by atoms with Gasteiger partial charge >= 0.3 is 0 Å². The summed E-state index contributed by atoms with van der Waals surface area (Å²) in [4.78, 5) is 0. The molecule has 6 heteroatoms. The molecule has 0 amide bonds. The molecule has 1 fully saturated rings. The van der Waals surface area contributed by atoms with Crippen LogP contribution in [0, 0.1) is 0 Å². The lowest BCUT2D eigenvalue weighted by atomic mass is 9.92. The molecule has 1 aliphatic rings. The molecular weight excluding hydrogens is 157 g/mol. The highest BCUT2D eigenvalue weighted by atomic mass is 19.3. The second-order valence-electron chi connectivity index (χ2n) is 2.40. The number of alkyl halides is 2. The van der Waals surface area contributed by atoms with E-state index in [2.05, 4.69) is 4.74 Å². The second-order valence-corrected chi connectivity index (χ2v) is 2.40. The topological polar surface area (TPSA) is 49.7 Å². The van der Waals surface area contributed by atoms with E-state index in [0.717, 1.165) is 0 Å². The number of rotatable bonds is 1. The van der Waals surface area contributed by atoms with Gasteiger partial charge in [-0.2, -0.15) is 0 Å². The first-order valence-electron chi connectivity index (χ1n) is 3.08. The first-order chi connectivity index (χ1) is 5.00. The van der Waals surface area contributed by atoms with Crippen molar-refractivity contribution >= 4 is 7.85 Å². The lowest BCUT2D eigenvalue weighted by Gasteiger charge is -2.16. The van der Waals surface area contributed by atoms with Crippen molar-refractivity contribution in [3.05, 3.63) is 0 Å². The third-order valence-electron chi connectivity index (χ3n) is 1.63. The summed E-state index contributed by atoms with van der Waals surface area (Å²) in [7, 11) is 4.83. The molecule has 3 atom stereocenters. The van der Waals surface area contributed by atoms with Gasteiger partial charge in [0.2, 0.25) is 0 Å². The zero-order valence-corrected chi connectivity index (χ0v) is 5.58. The number of hydrogen-bond acceptors (Lipinski definition) is 3. The average Bonchev–Trinajstić information content (AvgIpc) is 2.14. The van der Waals surface area contributed by atoms with Crippen LogP contribution in [0.25, 0.3) is 0 Å². The van der Waals surface area contributed by atoms with Crippen LogP contribution in [0.2, 0.25) is 0 Å². The van der Waals surface area contributed by atoms with Crippen LogP contribution >= 0.6 is 0 Å². The Morgan fingerprint density at radius 1 is 1.55 bits per heavy atom. The molecule has 0 spiro atoms. The Morgan fingerprint density at radius 2 is 2.09 bits per heavy atom. The lowest BCUT2D eigenvalue weighted by molar-refractivity contribution is -0.0917. The van der Waals surface area contributed by atoms with Crippen molar-refractivity contribution in [3.63, 3.8) is 0 Å². The highest BCUT2D eigenvalue weighted by molar-refractivity contribution is 6.12. The molecule has 3 nitrogen and oxygen atoms in total. The number of aliphatic hydroxyl groups is 2. The van der Waals surface area contributed by atoms with Gasteiger partial charge in [0.05, 0.1) is 12.6 Å².